The molecule has 0 aromatic carbocycles. The van der Waals surface area contributed by atoms with E-state index in [1.165, 1.54) is 0 Å². The highest BCUT2D eigenvalue weighted by Gasteiger charge is 2.19. The predicted molar refractivity (Wildman–Crippen MR) is 75.1 cm³/mol. The van der Waals surface area contributed by atoms with Crippen LogP contribution in [0.2, 0.25) is 0 Å². The van der Waals surface area contributed by atoms with Crippen LogP contribution < -0.4 is 5.32 Å². The lowest BCUT2D eigenvalue weighted by molar-refractivity contribution is -0.384. The molecule has 0 amide bonds. The highest BCUT2D eigenvalue weighted by molar-refractivity contribution is 5.88. The Bertz CT molecular complexity index is 491. The molecule has 0 saturated heterocycles. The van der Waals surface area contributed by atoms with Gasteiger partial charge in [-0.3, -0.25) is 10.1 Å². The molecule has 1 rings (SSSR count). The molecule has 7 nitrogen and oxygen atoms in total. The number of carbonyl (C=O) groups is 1. The van der Waals surface area contributed by atoms with Gasteiger partial charge in [-0.05, 0) is 13.3 Å². The van der Waals surface area contributed by atoms with Gasteiger partial charge in [0.1, 0.15) is 0 Å². The van der Waals surface area contributed by atoms with E-state index in [9.17, 15) is 14.9 Å². The summed E-state index contributed by atoms with van der Waals surface area (Å²) in [6.45, 7) is 4.03. The van der Waals surface area contributed by atoms with E-state index >= 15 is 0 Å². The van der Waals surface area contributed by atoms with Crippen LogP contribution in [0, 0.1) is 10.1 Å². The van der Waals surface area contributed by atoms with Crippen molar-refractivity contribution in [2.24, 2.45) is 0 Å². The molecule has 0 aliphatic carbocycles. The Morgan fingerprint density at radius 3 is 2.80 bits per heavy atom. The standard InChI is InChI=1S/C13H19N3O4/c1-3-4-5-6-9(2)15-12-11(16(19)20)7-10(8-14-12)13(17)18/h7-9H,3-6H2,1-2H3,(H,14,15)(H,17,18). The van der Waals surface area contributed by atoms with Crippen molar-refractivity contribution in [3.05, 3.63) is 27.9 Å². The molecule has 0 aliphatic rings. The average Bonchev–Trinajstić information content (AvgIpc) is 2.38. The van der Waals surface area contributed by atoms with Crippen molar-refractivity contribution < 1.29 is 14.8 Å². The number of nitrogens with zero attached hydrogens (tertiary/aromatic N) is 2. The molecular formula is C13H19N3O4. The summed E-state index contributed by atoms with van der Waals surface area (Å²) in [7, 11) is 0. The van der Waals surface area contributed by atoms with E-state index in [0.717, 1.165) is 37.9 Å². The number of aromatic carboxylic acids is 1. The minimum atomic E-state index is -1.23. The third kappa shape index (κ3) is 4.49. The Kier molecular flexibility index (Phi) is 5.89. The SMILES string of the molecule is CCCCCC(C)Nc1ncc(C(=O)O)cc1[N+](=O)[O-]. The first kappa shape index (κ1) is 15.9. The molecule has 2 N–H and O–H groups in total. The molecule has 0 saturated carbocycles. The highest BCUT2D eigenvalue weighted by atomic mass is 16.6. The van der Waals surface area contributed by atoms with Gasteiger partial charge in [-0.25, -0.2) is 9.78 Å². The molecule has 7 heteroatoms. The number of aromatic nitrogens is 1. The van der Waals surface area contributed by atoms with Crippen LogP contribution in [0.3, 0.4) is 0 Å². The second kappa shape index (κ2) is 7.42. The van der Waals surface area contributed by atoms with Gasteiger partial charge < -0.3 is 10.4 Å². The van der Waals surface area contributed by atoms with E-state index in [1.54, 1.807) is 0 Å². The van der Waals surface area contributed by atoms with Gasteiger partial charge in [-0.2, -0.15) is 0 Å². The van der Waals surface area contributed by atoms with Gasteiger partial charge in [-0.1, -0.05) is 26.2 Å². The number of hydrogen-bond acceptors (Lipinski definition) is 5. The monoisotopic (exact) mass is 281 g/mol. The molecule has 1 unspecified atom stereocenters. The van der Waals surface area contributed by atoms with Crippen molar-refractivity contribution in [3.63, 3.8) is 0 Å². The van der Waals surface area contributed by atoms with Crippen molar-refractivity contribution in [1.29, 1.82) is 0 Å². The topological polar surface area (TPSA) is 105 Å². The number of unbranched alkanes of at least 4 members (excludes halogenated alkanes) is 2. The molecule has 110 valence electrons. The Morgan fingerprint density at radius 2 is 2.25 bits per heavy atom. The molecular weight excluding hydrogens is 262 g/mol. The maximum Gasteiger partial charge on any atom is 0.337 e. The fourth-order valence-corrected chi connectivity index (χ4v) is 1.83. The molecule has 1 atom stereocenters. The normalized spacial score (nSPS) is 11.9. The lowest BCUT2D eigenvalue weighted by Gasteiger charge is -2.14. The van der Waals surface area contributed by atoms with Gasteiger partial charge in [0.05, 0.1) is 10.5 Å². The van der Waals surface area contributed by atoms with Crippen molar-refractivity contribution in [2.75, 3.05) is 5.32 Å². The Balaban J connectivity index is 2.83. The molecule has 1 aromatic heterocycles. The number of pyridine rings is 1. The number of carboxylic acids is 1. The molecule has 20 heavy (non-hydrogen) atoms. The van der Waals surface area contributed by atoms with E-state index in [2.05, 4.69) is 17.2 Å². The smallest absolute Gasteiger partial charge is 0.337 e. The number of anilines is 1. The number of nitrogens with one attached hydrogen (secondary N) is 1. The number of carboxylic acid groups (broad SMARTS) is 1. The third-order valence-electron chi connectivity index (χ3n) is 2.94. The lowest BCUT2D eigenvalue weighted by atomic mass is 10.1. The number of rotatable bonds is 8. The van der Waals surface area contributed by atoms with Crippen LogP contribution in [0.25, 0.3) is 0 Å². The van der Waals surface area contributed by atoms with Crippen LogP contribution in [-0.2, 0) is 0 Å². The maximum absolute atomic E-state index is 11.0. The molecule has 0 radical (unpaired) electrons. The molecule has 0 fully saturated rings. The molecule has 1 heterocycles. The quantitative estimate of drug-likeness (QED) is 0.431. The second-order valence-corrected chi connectivity index (χ2v) is 4.70. The highest BCUT2D eigenvalue weighted by Crippen LogP contribution is 2.24. The first-order chi connectivity index (χ1) is 9.45. The summed E-state index contributed by atoms with van der Waals surface area (Å²) in [5, 5.41) is 22.8. The zero-order valence-corrected chi connectivity index (χ0v) is 11.6. The van der Waals surface area contributed by atoms with Crippen LogP contribution in [0.1, 0.15) is 49.9 Å². The van der Waals surface area contributed by atoms with Gasteiger partial charge in [0.15, 0.2) is 0 Å². The molecule has 1 aromatic rings. The van der Waals surface area contributed by atoms with Crippen LogP contribution in [-0.4, -0.2) is 27.0 Å². The van der Waals surface area contributed by atoms with Crippen molar-refractivity contribution in [2.45, 2.75) is 45.6 Å². The minimum Gasteiger partial charge on any atom is -0.478 e. The average molecular weight is 281 g/mol. The fraction of sp³-hybridized carbons (Fsp3) is 0.538. The van der Waals surface area contributed by atoms with Gasteiger partial charge in [0, 0.05) is 18.3 Å². The minimum absolute atomic E-state index is 0.0448. The van der Waals surface area contributed by atoms with E-state index in [4.69, 9.17) is 5.11 Å². The van der Waals surface area contributed by atoms with Crippen molar-refractivity contribution in [1.82, 2.24) is 4.98 Å². The van der Waals surface area contributed by atoms with Gasteiger partial charge in [0.2, 0.25) is 5.82 Å². The zero-order valence-electron chi connectivity index (χ0n) is 11.6. The fourth-order valence-electron chi connectivity index (χ4n) is 1.83. The lowest BCUT2D eigenvalue weighted by Crippen LogP contribution is -2.17. The number of nitro groups is 1. The summed E-state index contributed by atoms with van der Waals surface area (Å²) in [6.07, 6.45) is 5.26. The Labute approximate surface area is 117 Å². The molecule has 0 bridgehead atoms. The first-order valence-corrected chi connectivity index (χ1v) is 6.60. The van der Waals surface area contributed by atoms with Gasteiger partial charge >= 0.3 is 11.7 Å². The van der Waals surface area contributed by atoms with E-state index in [1.807, 2.05) is 6.92 Å². The van der Waals surface area contributed by atoms with Crippen molar-refractivity contribution in [3.8, 4) is 0 Å². The summed E-state index contributed by atoms with van der Waals surface area (Å²) in [5.74, 6) is -1.12. The van der Waals surface area contributed by atoms with E-state index in [0.29, 0.717) is 0 Å². The summed E-state index contributed by atoms with van der Waals surface area (Å²) in [6, 6.07) is 1.07. The zero-order chi connectivity index (χ0) is 15.1. The van der Waals surface area contributed by atoms with E-state index < -0.39 is 10.9 Å². The van der Waals surface area contributed by atoms with Crippen LogP contribution >= 0.6 is 0 Å². The summed E-state index contributed by atoms with van der Waals surface area (Å²) < 4.78 is 0. The summed E-state index contributed by atoms with van der Waals surface area (Å²) >= 11 is 0. The van der Waals surface area contributed by atoms with Gasteiger partial charge in [-0.15, -0.1) is 0 Å². The Hall–Kier alpha value is -2.18. The maximum atomic E-state index is 11.0. The van der Waals surface area contributed by atoms with Gasteiger partial charge in [0.25, 0.3) is 0 Å². The number of hydrogen-bond donors (Lipinski definition) is 2. The molecule has 0 spiro atoms. The summed E-state index contributed by atoms with van der Waals surface area (Å²) in [5.41, 5.74) is -0.506. The molecule has 0 aliphatic heterocycles. The van der Waals surface area contributed by atoms with Crippen molar-refractivity contribution >= 4 is 17.5 Å². The summed E-state index contributed by atoms with van der Waals surface area (Å²) in [4.78, 5) is 25.0. The first-order valence-electron chi connectivity index (χ1n) is 6.60. The van der Waals surface area contributed by atoms with Crippen LogP contribution in [0.15, 0.2) is 12.3 Å². The van der Waals surface area contributed by atoms with E-state index in [-0.39, 0.29) is 23.1 Å². The third-order valence-corrected chi connectivity index (χ3v) is 2.94. The Morgan fingerprint density at radius 1 is 1.55 bits per heavy atom. The predicted octanol–water partition coefficient (Wildman–Crippen LogP) is 3.07. The largest absolute Gasteiger partial charge is 0.478 e. The van der Waals surface area contributed by atoms with Crippen LogP contribution in [0.5, 0.6) is 0 Å². The van der Waals surface area contributed by atoms with Crippen LogP contribution in [0.4, 0.5) is 11.5 Å². The second-order valence-electron chi connectivity index (χ2n) is 4.70.